The molecular formula is C25H32N2O8. The Bertz CT molecular complexity index is 881. The summed E-state index contributed by atoms with van der Waals surface area (Å²) in [5, 5.41) is 29.6. The Morgan fingerprint density at radius 3 is 1.54 bits per heavy atom. The van der Waals surface area contributed by atoms with Crippen LogP contribution in [-0.2, 0) is 32.1 Å². The van der Waals surface area contributed by atoms with Crippen LogP contribution in [0, 0.1) is 0 Å². The van der Waals surface area contributed by atoms with Crippen molar-refractivity contribution >= 4 is 23.9 Å². The normalized spacial score (nSPS) is 13.5. The summed E-state index contributed by atoms with van der Waals surface area (Å²) in [5.74, 6) is -7.30. The molecule has 1 heterocycles. The van der Waals surface area contributed by atoms with Gasteiger partial charge < -0.3 is 25.3 Å². The second kappa shape index (κ2) is 16.0. The number of carboxylic acid groups (broad SMARTS) is 4. The number of hydrogen-bond acceptors (Lipinski definition) is 6. The van der Waals surface area contributed by atoms with E-state index in [9.17, 15) is 0 Å². The molecule has 10 nitrogen and oxygen atoms in total. The minimum atomic E-state index is -1.82. The number of carbonyl (C=O) groups is 4. The molecule has 0 aliphatic carbocycles. The van der Waals surface area contributed by atoms with E-state index in [1.807, 2.05) is 0 Å². The number of likely N-dealkylation sites (N-methyl/N-ethyl adjacent to an activating group) is 1. The number of benzene rings is 2. The van der Waals surface area contributed by atoms with Crippen LogP contribution in [0.25, 0.3) is 0 Å². The second-order valence-corrected chi connectivity index (χ2v) is 7.93. The molecule has 2 aromatic carbocycles. The van der Waals surface area contributed by atoms with Crippen LogP contribution in [0.1, 0.15) is 24.0 Å². The first-order chi connectivity index (χ1) is 16.6. The van der Waals surface area contributed by atoms with Gasteiger partial charge in [0, 0.05) is 19.1 Å². The zero-order valence-electron chi connectivity index (χ0n) is 19.6. The third kappa shape index (κ3) is 12.9. The van der Waals surface area contributed by atoms with Crippen LogP contribution in [0.5, 0.6) is 0 Å². The molecule has 0 radical (unpaired) electrons. The molecule has 1 saturated heterocycles. The molecule has 10 heteroatoms. The number of carboxylic acids is 4. The molecular weight excluding hydrogens is 456 g/mol. The lowest BCUT2D eigenvalue weighted by atomic mass is 10.0. The molecule has 0 unspecified atom stereocenters. The van der Waals surface area contributed by atoms with Gasteiger partial charge in [-0.2, -0.15) is 0 Å². The van der Waals surface area contributed by atoms with Crippen molar-refractivity contribution in [2.45, 2.75) is 31.8 Å². The summed E-state index contributed by atoms with van der Waals surface area (Å²) in [6.07, 6.45) is 3.73. The molecule has 1 aliphatic rings. The highest BCUT2D eigenvalue weighted by Gasteiger charge is 2.22. The Morgan fingerprint density at radius 1 is 0.743 bits per heavy atom. The van der Waals surface area contributed by atoms with Crippen molar-refractivity contribution in [1.29, 1.82) is 0 Å². The number of hydrogen-bond donors (Lipinski definition) is 4. The summed E-state index contributed by atoms with van der Waals surface area (Å²) in [6, 6.07) is 22.4. The Morgan fingerprint density at radius 2 is 1.14 bits per heavy atom. The third-order valence-electron chi connectivity index (χ3n) is 5.39. The topological polar surface area (TPSA) is 156 Å². The number of nitrogens with zero attached hydrogens (tertiary/aromatic N) is 2. The SMILES string of the molecule is CN(CCc1ccccc1)C1CCN(Cc2ccccc2)CC1.O=C(O)C(=O)O.O=C(O)C(=O)O. The molecule has 0 aromatic heterocycles. The van der Waals surface area contributed by atoms with Crippen LogP contribution in [0.15, 0.2) is 60.7 Å². The average Bonchev–Trinajstić information content (AvgIpc) is 2.85. The van der Waals surface area contributed by atoms with Gasteiger partial charge in [-0.15, -0.1) is 0 Å². The fourth-order valence-electron chi connectivity index (χ4n) is 3.49. The van der Waals surface area contributed by atoms with Gasteiger partial charge in [-0.05, 0) is 50.5 Å². The predicted molar refractivity (Wildman–Crippen MR) is 128 cm³/mol. The Balaban J connectivity index is 0.000000425. The summed E-state index contributed by atoms with van der Waals surface area (Å²) >= 11 is 0. The van der Waals surface area contributed by atoms with Gasteiger partial charge in [0.15, 0.2) is 0 Å². The van der Waals surface area contributed by atoms with Gasteiger partial charge in [0.25, 0.3) is 0 Å². The number of aliphatic carboxylic acids is 4. The largest absolute Gasteiger partial charge is 0.473 e. The summed E-state index contributed by atoms with van der Waals surface area (Å²) in [5.41, 5.74) is 2.88. The van der Waals surface area contributed by atoms with E-state index >= 15 is 0 Å². The molecule has 3 rings (SSSR count). The minimum Gasteiger partial charge on any atom is -0.473 e. The van der Waals surface area contributed by atoms with Crippen molar-refractivity contribution in [2.75, 3.05) is 26.7 Å². The number of rotatable bonds is 6. The van der Waals surface area contributed by atoms with Crippen molar-refractivity contribution in [1.82, 2.24) is 9.80 Å². The summed E-state index contributed by atoms with van der Waals surface area (Å²) in [4.78, 5) is 41.6. The lowest BCUT2D eigenvalue weighted by Gasteiger charge is -2.36. The van der Waals surface area contributed by atoms with E-state index in [-0.39, 0.29) is 0 Å². The van der Waals surface area contributed by atoms with E-state index in [1.54, 1.807) is 0 Å². The van der Waals surface area contributed by atoms with Gasteiger partial charge in [0.05, 0.1) is 0 Å². The Hall–Kier alpha value is -3.76. The van der Waals surface area contributed by atoms with E-state index in [0.29, 0.717) is 0 Å². The van der Waals surface area contributed by atoms with Crippen molar-refractivity contribution in [2.24, 2.45) is 0 Å². The maximum atomic E-state index is 9.10. The van der Waals surface area contributed by atoms with Gasteiger partial charge in [0.2, 0.25) is 0 Å². The predicted octanol–water partition coefficient (Wildman–Crippen LogP) is 2.14. The van der Waals surface area contributed by atoms with Crippen molar-refractivity contribution in [3.8, 4) is 0 Å². The van der Waals surface area contributed by atoms with E-state index < -0.39 is 23.9 Å². The molecule has 0 spiro atoms. The van der Waals surface area contributed by atoms with Gasteiger partial charge in [-0.1, -0.05) is 60.7 Å². The van der Waals surface area contributed by atoms with Crippen molar-refractivity contribution in [3.63, 3.8) is 0 Å². The zero-order chi connectivity index (χ0) is 26.2. The van der Waals surface area contributed by atoms with Crippen LogP contribution in [0.2, 0.25) is 0 Å². The average molecular weight is 489 g/mol. The lowest BCUT2D eigenvalue weighted by molar-refractivity contribution is -0.159. The van der Waals surface area contributed by atoms with E-state index in [1.165, 1.54) is 37.1 Å². The fourth-order valence-corrected chi connectivity index (χ4v) is 3.49. The minimum absolute atomic E-state index is 0.741. The number of likely N-dealkylation sites (tertiary alicyclic amines) is 1. The molecule has 190 valence electrons. The van der Waals surface area contributed by atoms with Gasteiger partial charge in [-0.25, -0.2) is 19.2 Å². The highest BCUT2D eigenvalue weighted by molar-refractivity contribution is 6.27. The van der Waals surface area contributed by atoms with Gasteiger partial charge >= 0.3 is 23.9 Å². The first-order valence-corrected chi connectivity index (χ1v) is 11.0. The third-order valence-corrected chi connectivity index (χ3v) is 5.39. The smallest absolute Gasteiger partial charge is 0.414 e. The first kappa shape index (κ1) is 29.3. The maximum absolute atomic E-state index is 9.10. The molecule has 0 bridgehead atoms. The number of piperidine rings is 1. The van der Waals surface area contributed by atoms with Crippen molar-refractivity contribution < 1.29 is 39.6 Å². The zero-order valence-corrected chi connectivity index (χ0v) is 19.6. The van der Waals surface area contributed by atoms with E-state index in [2.05, 4.69) is 77.5 Å². The maximum Gasteiger partial charge on any atom is 0.414 e. The highest BCUT2D eigenvalue weighted by atomic mass is 16.4. The lowest BCUT2D eigenvalue weighted by Crippen LogP contribution is -2.43. The molecule has 0 amide bonds. The molecule has 1 fully saturated rings. The summed E-state index contributed by atoms with van der Waals surface area (Å²) in [6.45, 7) is 4.69. The van der Waals surface area contributed by atoms with Crippen molar-refractivity contribution in [3.05, 3.63) is 71.8 Å². The summed E-state index contributed by atoms with van der Waals surface area (Å²) < 4.78 is 0. The first-order valence-electron chi connectivity index (χ1n) is 11.0. The molecule has 35 heavy (non-hydrogen) atoms. The molecule has 1 aliphatic heterocycles. The second-order valence-electron chi connectivity index (χ2n) is 7.93. The van der Waals surface area contributed by atoms with Crippen LogP contribution in [0.3, 0.4) is 0 Å². The molecule has 4 N–H and O–H groups in total. The van der Waals surface area contributed by atoms with Gasteiger partial charge in [0.1, 0.15) is 0 Å². The quantitative estimate of drug-likeness (QED) is 0.444. The van der Waals surface area contributed by atoms with Crippen LogP contribution >= 0.6 is 0 Å². The standard InChI is InChI=1S/C21H28N2.2C2H2O4/c1-22(15-12-19-8-4-2-5-9-19)21-13-16-23(17-14-21)18-20-10-6-3-7-11-20;2*3-1(4)2(5)6/h2-11,21H,12-18H2,1H3;2*(H,3,4)(H,5,6). The van der Waals surface area contributed by atoms with Crippen LogP contribution in [-0.4, -0.2) is 86.8 Å². The Kier molecular flexibility index (Phi) is 13.4. The molecule has 0 atom stereocenters. The molecule has 0 saturated carbocycles. The van der Waals surface area contributed by atoms with Gasteiger partial charge in [-0.3, -0.25) is 4.90 Å². The summed E-state index contributed by atoms with van der Waals surface area (Å²) in [7, 11) is 2.29. The van der Waals surface area contributed by atoms with E-state index in [0.717, 1.165) is 25.6 Å². The van der Waals surface area contributed by atoms with Crippen LogP contribution in [0.4, 0.5) is 0 Å². The fraction of sp³-hybridized carbons (Fsp3) is 0.360. The highest BCUT2D eigenvalue weighted by Crippen LogP contribution is 2.18. The van der Waals surface area contributed by atoms with Crippen LogP contribution < -0.4 is 0 Å². The Labute approximate surface area is 204 Å². The van der Waals surface area contributed by atoms with E-state index in [4.69, 9.17) is 39.6 Å². The monoisotopic (exact) mass is 488 g/mol. The molecule has 2 aromatic rings.